The van der Waals surface area contributed by atoms with Crippen LogP contribution in [0.15, 0.2) is 36.4 Å². The van der Waals surface area contributed by atoms with E-state index in [0.717, 1.165) is 41.7 Å². The van der Waals surface area contributed by atoms with Crippen molar-refractivity contribution in [1.29, 1.82) is 0 Å². The van der Waals surface area contributed by atoms with Crippen molar-refractivity contribution in [2.45, 2.75) is 26.7 Å². The minimum Gasteiger partial charge on any atom is -0.493 e. The van der Waals surface area contributed by atoms with Crippen molar-refractivity contribution < 1.29 is 9.47 Å². The summed E-state index contributed by atoms with van der Waals surface area (Å²) in [6, 6.07) is 12.4. The van der Waals surface area contributed by atoms with E-state index in [1.807, 2.05) is 19.2 Å². The predicted molar refractivity (Wildman–Crippen MR) is 113 cm³/mol. The van der Waals surface area contributed by atoms with Crippen molar-refractivity contribution in [2.24, 2.45) is 0 Å². The van der Waals surface area contributed by atoms with E-state index < -0.39 is 0 Å². The lowest BCUT2D eigenvalue weighted by Crippen LogP contribution is -2.32. The van der Waals surface area contributed by atoms with E-state index >= 15 is 0 Å². The largest absolute Gasteiger partial charge is 0.493 e. The van der Waals surface area contributed by atoms with Gasteiger partial charge in [0.05, 0.1) is 14.2 Å². The molecule has 0 aliphatic rings. The zero-order valence-electron chi connectivity index (χ0n) is 16.3. The highest BCUT2D eigenvalue weighted by Crippen LogP contribution is 2.28. The zero-order chi connectivity index (χ0) is 19.1. The third-order valence-electron chi connectivity index (χ3n) is 4.39. The number of nitrogens with zero attached hydrogens (tertiary/aromatic N) is 1. The summed E-state index contributed by atoms with van der Waals surface area (Å²) in [4.78, 5) is 2.08. The lowest BCUT2D eigenvalue weighted by Gasteiger charge is -2.22. The monoisotopic (exact) mass is 372 g/mol. The fourth-order valence-electron chi connectivity index (χ4n) is 2.74. The molecule has 140 valence electrons. The van der Waals surface area contributed by atoms with E-state index in [0.29, 0.717) is 0 Å². The van der Waals surface area contributed by atoms with Crippen LogP contribution >= 0.6 is 12.2 Å². The summed E-state index contributed by atoms with van der Waals surface area (Å²) in [5, 5.41) is 4.10. The third kappa shape index (κ3) is 5.36. The van der Waals surface area contributed by atoms with Gasteiger partial charge in [-0.1, -0.05) is 18.2 Å². The second-order valence-corrected chi connectivity index (χ2v) is 6.85. The molecule has 0 radical (unpaired) electrons. The highest BCUT2D eigenvalue weighted by Gasteiger charge is 2.08. The van der Waals surface area contributed by atoms with Crippen LogP contribution in [0, 0.1) is 13.8 Å². The van der Waals surface area contributed by atoms with Gasteiger partial charge >= 0.3 is 0 Å². The Kier molecular flexibility index (Phi) is 7.27. The summed E-state index contributed by atoms with van der Waals surface area (Å²) in [5.74, 6) is 1.53. The second-order valence-electron chi connectivity index (χ2n) is 6.46. The summed E-state index contributed by atoms with van der Waals surface area (Å²) in [6.45, 7) is 5.05. The molecule has 0 aliphatic heterocycles. The van der Waals surface area contributed by atoms with Gasteiger partial charge in [-0.15, -0.1) is 0 Å². The molecule has 0 fully saturated rings. The smallest absolute Gasteiger partial charge is 0.173 e. The number of ether oxygens (including phenoxy) is 2. The SMILES string of the molecule is COc1ccc(CCCN(C)C(=S)Nc2cc(C)ccc2C)cc1OC. The van der Waals surface area contributed by atoms with Crippen LogP contribution in [-0.2, 0) is 6.42 Å². The normalized spacial score (nSPS) is 10.3. The molecule has 0 unspecified atom stereocenters. The molecule has 0 bridgehead atoms. The van der Waals surface area contributed by atoms with Crippen LogP contribution in [0.5, 0.6) is 11.5 Å². The van der Waals surface area contributed by atoms with Gasteiger partial charge in [-0.25, -0.2) is 0 Å². The molecule has 2 aromatic carbocycles. The van der Waals surface area contributed by atoms with E-state index in [2.05, 4.69) is 48.3 Å². The molecule has 5 heteroatoms. The van der Waals surface area contributed by atoms with Gasteiger partial charge in [0.15, 0.2) is 16.6 Å². The maximum absolute atomic E-state index is 5.54. The zero-order valence-corrected chi connectivity index (χ0v) is 17.1. The van der Waals surface area contributed by atoms with Gasteiger partial charge in [-0.2, -0.15) is 0 Å². The molecule has 26 heavy (non-hydrogen) atoms. The van der Waals surface area contributed by atoms with Crippen molar-refractivity contribution in [1.82, 2.24) is 4.90 Å². The van der Waals surface area contributed by atoms with E-state index in [-0.39, 0.29) is 0 Å². The van der Waals surface area contributed by atoms with E-state index in [1.165, 1.54) is 16.7 Å². The summed E-state index contributed by atoms with van der Waals surface area (Å²) in [5.41, 5.74) is 4.71. The Bertz CT molecular complexity index is 762. The standard InChI is InChI=1S/C21H28N2O2S/c1-15-8-9-16(2)18(13-15)22-21(26)23(3)12-6-7-17-10-11-19(24-4)20(14-17)25-5/h8-11,13-14H,6-7,12H2,1-5H3,(H,22,26). The van der Waals surface area contributed by atoms with Gasteiger partial charge in [-0.3, -0.25) is 0 Å². The quantitative estimate of drug-likeness (QED) is 0.720. The Hall–Kier alpha value is -2.27. The fourth-order valence-corrected chi connectivity index (χ4v) is 2.94. The lowest BCUT2D eigenvalue weighted by molar-refractivity contribution is 0.354. The Morgan fingerprint density at radius 3 is 2.46 bits per heavy atom. The number of anilines is 1. The fraction of sp³-hybridized carbons (Fsp3) is 0.381. The highest BCUT2D eigenvalue weighted by molar-refractivity contribution is 7.80. The molecule has 0 spiro atoms. The van der Waals surface area contributed by atoms with Gasteiger partial charge in [0, 0.05) is 19.3 Å². The van der Waals surface area contributed by atoms with Crippen LogP contribution < -0.4 is 14.8 Å². The molecule has 0 saturated heterocycles. The van der Waals surface area contributed by atoms with E-state index in [9.17, 15) is 0 Å². The average molecular weight is 373 g/mol. The molecule has 1 N–H and O–H groups in total. The molecular weight excluding hydrogens is 344 g/mol. The molecule has 0 aliphatic carbocycles. The van der Waals surface area contributed by atoms with Crippen molar-refractivity contribution in [3.05, 3.63) is 53.1 Å². The number of nitrogens with one attached hydrogen (secondary N) is 1. The van der Waals surface area contributed by atoms with Gasteiger partial charge < -0.3 is 19.7 Å². The molecule has 4 nitrogen and oxygen atoms in total. The lowest BCUT2D eigenvalue weighted by atomic mass is 10.1. The molecule has 2 aromatic rings. The molecule has 0 amide bonds. The Labute approximate surface area is 162 Å². The number of benzene rings is 2. The number of aryl methyl sites for hydroxylation is 3. The van der Waals surface area contributed by atoms with Crippen LogP contribution in [0.2, 0.25) is 0 Å². The van der Waals surface area contributed by atoms with Gasteiger partial charge in [-0.05, 0) is 73.8 Å². The Morgan fingerprint density at radius 1 is 1.04 bits per heavy atom. The highest BCUT2D eigenvalue weighted by atomic mass is 32.1. The number of hydrogen-bond acceptors (Lipinski definition) is 3. The number of methoxy groups -OCH3 is 2. The minimum absolute atomic E-state index is 0.742. The maximum Gasteiger partial charge on any atom is 0.173 e. The third-order valence-corrected chi connectivity index (χ3v) is 4.80. The molecule has 0 heterocycles. The predicted octanol–water partition coefficient (Wildman–Crippen LogP) is 4.58. The summed E-state index contributed by atoms with van der Waals surface area (Å²) in [7, 11) is 5.33. The topological polar surface area (TPSA) is 33.7 Å². The van der Waals surface area contributed by atoms with E-state index in [1.54, 1.807) is 14.2 Å². The maximum atomic E-state index is 5.54. The van der Waals surface area contributed by atoms with Crippen molar-refractivity contribution in [3.63, 3.8) is 0 Å². The van der Waals surface area contributed by atoms with E-state index in [4.69, 9.17) is 21.7 Å². The van der Waals surface area contributed by atoms with Crippen LogP contribution in [0.25, 0.3) is 0 Å². The van der Waals surface area contributed by atoms with Crippen LogP contribution in [0.3, 0.4) is 0 Å². The Balaban J connectivity index is 1.87. The first-order valence-corrected chi connectivity index (χ1v) is 9.15. The van der Waals surface area contributed by atoms with Gasteiger partial charge in [0.25, 0.3) is 0 Å². The van der Waals surface area contributed by atoms with Crippen LogP contribution in [0.4, 0.5) is 5.69 Å². The molecule has 2 rings (SSSR count). The number of hydrogen-bond donors (Lipinski definition) is 1. The average Bonchev–Trinajstić information content (AvgIpc) is 2.64. The number of rotatable bonds is 7. The Morgan fingerprint density at radius 2 is 1.77 bits per heavy atom. The van der Waals surface area contributed by atoms with Crippen molar-refractivity contribution >= 4 is 23.0 Å². The van der Waals surface area contributed by atoms with Crippen LogP contribution in [0.1, 0.15) is 23.1 Å². The molecular formula is C21H28N2O2S. The first-order chi connectivity index (χ1) is 12.4. The first kappa shape index (κ1) is 20.0. The molecule has 0 aromatic heterocycles. The second kappa shape index (κ2) is 9.43. The van der Waals surface area contributed by atoms with Crippen molar-refractivity contribution in [3.8, 4) is 11.5 Å². The number of thiocarbonyl (C=S) groups is 1. The summed E-state index contributed by atoms with van der Waals surface area (Å²) < 4.78 is 10.6. The van der Waals surface area contributed by atoms with Gasteiger partial charge in [0.1, 0.15) is 0 Å². The van der Waals surface area contributed by atoms with Gasteiger partial charge in [0.2, 0.25) is 0 Å². The molecule has 0 saturated carbocycles. The minimum atomic E-state index is 0.742. The summed E-state index contributed by atoms with van der Waals surface area (Å²) in [6.07, 6.45) is 1.96. The van der Waals surface area contributed by atoms with Crippen LogP contribution in [-0.4, -0.2) is 37.8 Å². The van der Waals surface area contributed by atoms with Crippen molar-refractivity contribution in [2.75, 3.05) is 33.1 Å². The molecule has 0 atom stereocenters. The summed E-state index contributed by atoms with van der Waals surface area (Å²) >= 11 is 5.54. The first-order valence-electron chi connectivity index (χ1n) is 8.75.